The summed E-state index contributed by atoms with van der Waals surface area (Å²) >= 11 is 0. The van der Waals surface area contributed by atoms with E-state index in [0.29, 0.717) is 0 Å². The Hall–Kier alpha value is -1.77. The first-order valence-electron chi connectivity index (χ1n) is 6.24. The van der Waals surface area contributed by atoms with Crippen LogP contribution in [0.3, 0.4) is 0 Å². The number of nitrogens with zero attached hydrogens (tertiary/aromatic N) is 2. The third-order valence-electron chi connectivity index (χ3n) is 2.75. The Morgan fingerprint density at radius 2 is 2.00 bits per heavy atom. The molecule has 0 bridgehead atoms. The molecule has 2 rings (SSSR count). The second kappa shape index (κ2) is 6.09. The van der Waals surface area contributed by atoms with Crippen molar-refractivity contribution >= 4 is 5.69 Å². The lowest BCUT2D eigenvalue weighted by Crippen LogP contribution is -2.01. The molecule has 0 aliphatic rings. The van der Waals surface area contributed by atoms with Crippen LogP contribution in [0, 0.1) is 0 Å². The fourth-order valence-corrected chi connectivity index (χ4v) is 1.76. The Morgan fingerprint density at radius 3 is 2.65 bits per heavy atom. The van der Waals surface area contributed by atoms with E-state index >= 15 is 0 Å². The minimum atomic E-state index is 1.05. The van der Waals surface area contributed by atoms with Crippen LogP contribution in [0.5, 0.6) is 0 Å². The fraction of sp³-hybridized carbons (Fsp3) is 0.357. The second-order valence-corrected chi connectivity index (χ2v) is 4.13. The van der Waals surface area contributed by atoms with Gasteiger partial charge < -0.3 is 5.32 Å². The van der Waals surface area contributed by atoms with Gasteiger partial charge in [-0.15, -0.1) is 0 Å². The molecule has 1 heterocycles. The summed E-state index contributed by atoms with van der Waals surface area (Å²) in [5, 5.41) is 7.62. The maximum atomic E-state index is 4.20. The summed E-state index contributed by atoms with van der Waals surface area (Å²) in [6.07, 6.45) is 7.52. The summed E-state index contributed by atoms with van der Waals surface area (Å²) in [6.45, 7) is 3.27. The Labute approximate surface area is 102 Å². The van der Waals surface area contributed by atoms with Crippen molar-refractivity contribution in [3.05, 3.63) is 42.7 Å². The van der Waals surface area contributed by atoms with Crippen LogP contribution < -0.4 is 5.32 Å². The fourth-order valence-electron chi connectivity index (χ4n) is 1.76. The molecule has 0 aliphatic carbocycles. The van der Waals surface area contributed by atoms with Crippen molar-refractivity contribution in [3.63, 3.8) is 0 Å². The van der Waals surface area contributed by atoms with Gasteiger partial charge >= 0.3 is 0 Å². The van der Waals surface area contributed by atoms with E-state index in [2.05, 4.69) is 41.6 Å². The van der Waals surface area contributed by atoms with Gasteiger partial charge in [0.15, 0.2) is 0 Å². The lowest BCUT2D eigenvalue weighted by atomic mass is 10.2. The number of benzene rings is 1. The zero-order valence-corrected chi connectivity index (χ0v) is 10.3. The molecule has 3 nitrogen and oxygen atoms in total. The first kappa shape index (κ1) is 11.7. The average molecular weight is 229 g/mol. The summed E-state index contributed by atoms with van der Waals surface area (Å²) in [4.78, 5) is 0. The number of aromatic nitrogens is 2. The van der Waals surface area contributed by atoms with E-state index in [-0.39, 0.29) is 0 Å². The molecule has 0 aliphatic heterocycles. The number of unbranched alkanes of at least 4 members (excludes halogenated alkanes) is 2. The molecule has 0 fully saturated rings. The van der Waals surface area contributed by atoms with Crippen LogP contribution in [0.25, 0.3) is 5.69 Å². The van der Waals surface area contributed by atoms with Gasteiger partial charge in [0.1, 0.15) is 0 Å². The summed E-state index contributed by atoms with van der Waals surface area (Å²) in [6, 6.07) is 10.3. The van der Waals surface area contributed by atoms with Crippen molar-refractivity contribution < 1.29 is 0 Å². The van der Waals surface area contributed by atoms with E-state index in [4.69, 9.17) is 0 Å². The van der Waals surface area contributed by atoms with Gasteiger partial charge in [0, 0.05) is 24.6 Å². The maximum absolute atomic E-state index is 4.20. The predicted octanol–water partition coefficient (Wildman–Crippen LogP) is 3.47. The number of hydrogen-bond donors (Lipinski definition) is 1. The van der Waals surface area contributed by atoms with Gasteiger partial charge in [-0.2, -0.15) is 5.10 Å². The molecule has 17 heavy (non-hydrogen) atoms. The quantitative estimate of drug-likeness (QED) is 0.769. The first-order chi connectivity index (χ1) is 8.40. The number of nitrogens with one attached hydrogen (secondary N) is 1. The molecule has 3 heteroatoms. The zero-order chi connectivity index (χ0) is 11.9. The second-order valence-electron chi connectivity index (χ2n) is 4.13. The third-order valence-corrected chi connectivity index (χ3v) is 2.75. The van der Waals surface area contributed by atoms with Gasteiger partial charge in [-0.05, 0) is 36.8 Å². The van der Waals surface area contributed by atoms with Crippen LogP contribution in [-0.2, 0) is 0 Å². The van der Waals surface area contributed by atoms with E-state index in [1.807, 2.05) is 16.9 Å². The number of rotatable bonds is 6. The molecule has 1 aromatic heterocycles. The molecule has 0 spiro atoms. The number of hydrogen-bond acceptors (Lipinski definition) is 2. The lowest BCUT2D eigenvalue weighted by molar-refractivity contribution is 0.744. The molecule has 90 valence electrons. The van der Waals surface area contributed by atoms with E-state index in [1.54, 1.807) is 6.20 Å². The maximum Gasteiger partial charge on any atom is 0.0647 e. The zero-order valence-electron chi connectivity index (χ0n) is 10.3. The van der Waals surface area contributed by atoms with Gasteiger partial charge in [-0.25, -0.2) is 4.68 Å². The molecule has 1 aromatic carbocycles. The van der Waals surface area contributed by atoms with E-state index < -0.39 is 0 Å². The Balaban J connectivity index is 1.90. The van der Waals surface area contributed by atoms with Crippen LogP contribution >= 0.6 is 0 Å². The standard InChI is InChI=1S/C14H19N3/c1-2-3-4-10-15-13-6-8-14(9-7-13)17-12-5-11-16-17/h5-9,11-12,15H,2-4,10H2,1H3. The van der Waals surface area contributed by atoms with Crippen LogP contribution in [0.2, 0.25) is 0 Å². The minimum Gasteiger partial charge on any atom is -0.385 e. The molecular formula is C14H19N3. The Bertz CT molecular complexity index is 417. The van der Waals surface area contributed by atoms with Gasteiger partial charge in [-0.3, -0.25) is 0 Å². The third kappa shape index (κ3) is 3.34. The predicted molar refractivity (Wildman–Crippen MR) is 71.6 cm³/mol. The minimum absolute atomic E-state index is 1.05. The van der Waals surface area contributed by atoms with Crippen molar-refractivity contribution in [2.75, 3.05) is 11.9 Å². The largest absolute Gasteiger partial charge is 0.385 e. The summed E-state index contributed by atoms with van der Waals surface area (Å²) < 4.78 is 1.86. The highest BCUT2D eigenvalue weighted by atomic mass is 15.3. The van der Waals surface area contributed by atoms with Crippen molar-refractivity contribution in [3.8, 4) is 5.69 Å². The molecule has 0 unspecified atom stereocenters. The van der Waals surface area contributed by atoms with Crippen molar-refractivity contribution in [2.45, 2.75) is 26.2 Å². The number of anilines is 1. The van der Waals surface area contributed by atoms with Gasteiger partial charge in [0.25, 0.3) is 0 Å². The van der Waals surface area contributed by atoms with E-state index in [1.165, 1.54) is 24.9 Å². The molecule has 1 N–H and O–H groups in total. The van der Waals surface area contributed by atoms with E-state index in [0.717, 1.165) is 12.2 Å². The molecule has 0 saturated carbocycles. The van der Waals surface area contributed by atoms with E-state index in [9.17, 15) is 0 Å². The summed E-state index contributed by atoms with van der Waals surface area (Å²) in [5.41, 5.74) is 2.27. The van der Waals surface area contributed by atoms with Crippen molar-refractivity contribution in [2.24, 2.45) is 0 Å². The molecule has 0 atom stereocenters. The molecule has 0 saturated heterocycles. The van der Waals surface area contributed by atoms with Crippen LogP contribution in [-0.4, -0.2) is 16.3 Å². The molecular weight excluding hydrogens is 210 g/mol. The normalized spacial score (nSPS) is 10.4. The van der Waals surface area contributed by atoms with Crippen LogP contribution in [0.4, 0.5) is 5.69 Å². The Morgan fingerprint density at radius 1 is 1.18 bits per heavy atom. The van der Waals surface area contributed by atoms with Crippen LogP contribution in [0.1, 0.15) is 26.2 Å². The summed E-state index contributed by atoms with van der Waals surface area (Å²) in [7, 11) is 0. The van der Waals surface area contributed by atoms with Gasteiger partial charge in [0.05, 0.1) is 5.69 Å². The monoisotopic (exact) mass is 229 g/mol. The molecule has 0 amide bonds. The topological polar surface area (TPSA) is 29.9 Å². The SMILES string of the molecule is CCCCCNc1ccc(-n2cccn2)cc1. The molecule has 2 aromatic rings. The smallest absolute Gasteiger partial charge is 0.0647 e. The van der Waals surface area contributed by atoms with Crippen molar-refractivity contribution in [1.29, 1.82) is 0 Å². The van der Waals surface area contributed by atoms with Gasteiger partial charge in [0.2, 0.25) is 0 Å². The first-order valence-corrected chi connectivity index (χ1v) is 6.24. The molecule has 0 radical (unpaired) electrons. The van der Waals surface area contributed by atoms with Crippen molar-refractivity contribution in [1.82, 2.24) is 9.78 Å². The van der Waals surface area contributed by atoms with Crippen LogP contribution in [0.15, 0.2) is 42.7 Å². The van der Waals surface area contributed by atoms with Gasteiger partial charge in [-0.1, -0.05) is 19.8 Å². The average Bonchev–Trinajstić information content (AvgIpc) is 2.89. The highest BCUT2D eigenvalue weighted by Gasteiger charge is 1.96. The summed E-state index contributed by atoms with van der Waals surface area (Å²) in [5.74, 6) is 0. The lowest BCUT2D eigenvalue weighted by Gasteiger charge is -2.07. The Kier molecular flexibility index (Phi) is 4.19. The highest BCUT2D eigenvalue weighted by Crippen LogP contribution is 2.12. The highest BCUT2D eigenvalue weighted by molar-refractivity contribution is 5.48.